The third-order valence-corrected chi connectivity index (χ3v) is 2.96. The lowest BCUT2D eigenvalue weighted by Gasteiger charge is -2.36. The fraction of sp³-hybridized carbons (Fsp3) is 1.00. The first-order valence-corrected chi connectivity index (χ1v) is 6.17. The number of hydrogen-bond acceptors (Lipinski definition) is 2. The Labute approximate surface area is 95.8 Å². The Balaban J connectivity index is 4.22. The van der Waals surface area contributed by atoms with Crippen molar-refractivity contribution in [1.29, 1.82) is 0 Å². The third kappa shape index (κ3) is 5.53. The zero-order valence-corrected chi connectivity index (χ0v) is 11.4. The summed E-state index contributed by atoms with van der Waals surface area (Å²) in [5, 5.41) is 3.39. The fourth-order valence-electron chi connectivity index (χ4n) is 2.18. The Kier molecular flexibility index (Phi) is 7.20. The van der Waals surface area contributed by atoms with Crippen LogP contribution in [0.1, 0.15) is 53.4 Å². The van der Waals surface area contributed by atoms with Gasteiger partial charge in [0.05, 0.1) is 6.10 Å². The van der Waals surface area contributed by atoms with Crippen LogP contribution in [0.3, 0.4) is 0 Å². The molecule has 2 unspecified atom stereocenters. The van der Waals surface area contributed by atoms with E-state index in [0.717, 1.165) is 0 Å². The highest BCUT2D eigenvalue weighted by molar-refractivity contribution is 4.85. The highest BCUT2D eigenvalue weighted by atomic mass is 16.5. The molecule has 15 heavy (non-hydrogen) atoms. The van der Waals surface area contributed by atoms with Gasteiger partial charge in [-0.25, -0.2) is 0 Å². The number of nitrogens with one attached hydrogen (secondary N) is 1. The maximum Gasteiger partial charge on any atom is 0.0772 e. The lowest BCUT2D eigenvalue weighted by atomic mass is 9.83. The highest BCUT2D eigenvalue weighted by Crippen LogP contribution is 2.26. The highest BCUT2D eigenvalue weighted by Gasteiger charge is 2.30. The van der Waals surface area contributed by atoms with Crippen LogP contribution in [0.5, 0.6) is 0 Å². The van der Waals surface area contributed by atoms with Gasteiger partial charge in [0.2, 0.25) is 0 Å². The summed E-state index contributed by atoms with van der Waals surface area (Å²) in [4.78, 5) is 0. The lowest BCUT2D eigenvalue weighted by Crippen LogP contribution is -2.46. The second-order valence-corrected chi connectivity index (χ2v) is 5.41. The third-order valence-electron chi connectivity index (χ3n) is 2.96. The standard InChI is InChI=1S/C13H29NO/c1-7-8-9-10-11(14-5)12(15-6)13(2,3)4/h11-12,14H,7-10H2,1-6H3. The predicted octanol–water partition coefficient (Wildman–Crippen LogP) is 3.22. The summed E-state index contributed by atoms with van der Waals surface area (Å²) < 4.78 is 5.64. The number of likely N-dealkylation sites (N-methyl/N-ethyl adjacent to an activating group) is 1. The van der Waals surface area contributed by atoms with Crippen molar-refractivity contribution in [3.05, 3.63) is 0 Å². The molecule has 2 atom stereocenters. The van der Waals surface area contributed by atoms with Crippen LogP contribution in [-0.4, -0.2) is 26.3 Å². The smallest absolute Gasteiger partial charge is 0.0772 e. The minimum absolute atomic E-state index is 0.203. The predicted molar refractivity (Wildman–Crippen MR) is 67.2 cm³/mol. The summed E-state index contributed by atoms with van der Waals surface area (Å²) in [5.41, 5.74) is 0.203. The van der Waals surface area contributed by atoms with Crippen molar-refractivity contribution >= 4 is 0 Å². The summed E-state index contributed by atoms with van der Waals surface area (Å²) in [5.74, 6) is 0. The topological polar surface area (TPSA) is 21.3 Å². The average Bonchev–Trinajstić information content (AvgIpc) is 2.14. The molecule has 0 amide bonds. The molecule has 0 aromatic heterocycles. The van der Waals surface area contributed by atoms with Gasteiger partial charge in [0, 0.05) is 13.2 Å². The van der Waals surface area contributed by atoms with Gasteiger partial charge in [-0.1, -0.05) is 47.0 Å². The van der Waals surface area contributed by atoms with Crippen molar-refractivity contribution < 1.29 is 4.74 Å². The van der Waals surface area contributed by atoms with Crippen molar-refractivity contribution in [3.8, 4) is 0 Å². The number of rotatable bonds is 7. The molecule has 2 nitrogen and oxygen atoms in total. The van der Waals surface area contributed by atoms with E-state index >= 15 is 0 Å². The minimum Gasteiger partial charge on any atom is -0.379 e. The van der Waals surface area contributed by atoms with Gasteiger partial charge in [0.15, 0.2) is 0 Å². The summed E-state index contributed by atoms with van der Waals surface area (Å²) in [6, 6.07) is 0.474. The van der Waals surface area contributed by atoms with Gasteiger partial charge in [0.25, 0.3) is 0 Å². The molecule has 92 valence electrons. The number of methoxy groups -OCH3 is 1. The van der Waals surface area contributed by atoms with Crippen LogP contribution < -0.4 is 5.32 Å². The Bertz CT molecular complexity index is 151. The number of ether oxygens (including phenoxy) is 1. The van der Waals surface area contributed by atoms with Gasteiger partial charge < -0.3 is 10.1 Å². The Hall–Kier alpha value is -0.0800. The maximum absolute atomic E-state index is 5.64. The van der Waals surface area contributed by atoms with Crippen LogP contribution in [0.4, 0.5) is 0 Å². The van der Waals surface area contributed by atoms with Crippen LogP contribution in [0.15, 0.2) is 0 Å². The van der Waals surface area contributed by atoms with Crippen molar-refractivity contribution in [2.24, 2.45) is 5.41 Å². The van der Waals surface area contributed by atoms with E-state index in [1.807, 2.05) is 14.2 Å². The Morgan fingerprint density at radius 3 is 2.13 bits per heavy atom. The van der Waals surface area contributed by atoms with Crippen molar-refractivity contribution in [3.63, 3.8) is 0 Å². The van der Waals surface area contributed by atoms with Crippen LogP contribution in [0, 0.1) is 5.41 Å². The zero-order chi connectivity index (χ0) is 11.9. The van der Waals surface area contributed by atoms with Gasteiger partial charge in [-0.3, -0.25) is 0 Å². The molecule has 0 aliphatic carbocycles. The van der Waals surface area contributed by atoms with E-state index in [1.165, 1.54) is 25.7 Å². The summed E-state index contributed by atoms with van der Waals surface area (Å²) in [7, 11) is 3.86. The molecule has 1 N–H and O–H groups in total. The molecule has 0 aromatic rings. The maximum atomic E-state index is 5.64. The molecule has 0 aliphatic rings. The Morgan fingerprint density at radius 1 is 1.20 bits per heavy atom. The largest absolute Gasteiger partial charge is 0.379 e. The minimum atomic E-state index is 0.203. The second-order valence-electron chi connectivity index (χ2n) is 5.41. The lowest BCUT2D eigenvalue weighted by molar-refractivity contribution is -0.0118. The molecule has 0 aromatic carbocycles. The molecule has 0 rings (SSSR count). The molecule has 0 saturated carbocycles. The Morgan fingerprint density at radius 2 is 1.80 bits per heavy atom. The fourth-order valence-corrected chi connectivity index (χ4v) is 2.18. The first-order chi connectivity index (χ1) is 6.97. The molecule has 0 fully saturated rings. The van der Waals surface area contributed by atoms with Crippen LogP contribution in [0.25, 0.3) is 0 Å². The van der Waals surface area contributed by atoms with Gasteiger partial charge in [-0.05, 0) is 18.9 Å². The molecule has 0 heterocycles. The molecule has 0 radical (unpaired) electrons. The first-order valence-electron chi connectivity index (χ1n) is 6.17. The quantitative estimate of drug-likeness (QED) is 0.658. The van der Waals surface area contributed by atoms with Crippen LogP contribution >= 0.6 is 0 Å². The van der Waals surface area contributed by atoms with Gasteiger partial charge in [-0.15, -0.1) is 0 Å². The molecular formula is C13H29NO. The van der Waals surface area contributed by atoms with Crippen LogP contribution in [-0.2, 0) is 4.74 Å². The molecule has 0 aliphatic heterocycles. The van der Waals surface area contributed by atoms with E-state index in [-0.39, 0.29) is 5.41 Å². The van der Waals surface area contributed by atoms with Gasteiger partial charge in [0.1, 0.15) is 0 Å². The van der Waals surface area contributed by atoms with Crippen molar-refractivity contribution in [1.82, 2.24) is 5.32 Å². The number of hydrogen-bond donors (Lipinski definition) is 1. The normalized spacial score (nSPS) is 16.4. The summed E-state index contributed by atoms with van der Waals surface area (Å²) in [6.07, 6.45) is 5.39. The van der Waals surface area contributed by atoms with E-state index in [0.29, 0.717) is 12.1 Å². The average molecular weight is 215 g/mol. The van der Waals surface area contributed by atoms with Crippen molar-refractivity contribution in [2.45, 2.75) is 65.5 Å². The molecular weight excluding hydrogens is 186 g/mol. The number of unbranched alkanes of at least 4 members (excludes halogenated alkanes) is 2. The van der Waals surface area contributed by atoms with E-state index in [9.17, 15) is 0 Å². The van der Waals surface area contributed by atoms with E-state index in [2.05, 4.69) is 33.0 Å². The monoisotopic (exact) mass is 215 g/mol. The van der Waals surface area contributed by atoms with Crippen LogP contribution in [0.2, 0.25) is 0 Å². The van der Waals surface area contributed by atoms with E-state index in [4.69, 9.17) is 4.74 Å². The SMILES string of the molecule is CCCCCC(NC)C(OC)C(C)(C)C. The van der Waals surface area contributed by atoms with E-state index < -0.39 is 0 Å². The summed E-state index contributed by atoms with van der Waals surface area (Å²) in [6.45, 7) is 8.97. The van der Waals surface area contributed by atoms with Crippen molar-refractivity contribution in [2.75, 3.05) is 14.2 Å². The molecule has 2 heteroatoms. The molecule has 0 bridgehead atoms. The second kappa shape index (κ2) is 7.24. The van der Waals surface area contributed by atoms with E-state index in [1.54, 1.807) is 0 Å². The molecule has 0 spiro atoms. The first kappa shape index (κ1) is 14.9. The molecule has 0 saturated heterocycles. The van der Waals surface area contributed by atoms with Gasteiger partial charge in [-0.2, -0.15) is 0 Å². The summed E-state index contributed by atoms with van der Waals surface area (Å²) >= 11 is 0. The zero-order valence-electron chi connectivity index (χ0n) is 11.4. The van der Waals surface area contributed by atoms with Gasteiger partial charge >= 0.3 is 0 Å².